The van der Waals surface area contributed by atoms with Crippen molar-refractivity contribution in [2.75, 3.05) is 23.9 Å². The number of rotatable bonds is 9. The summed E-state index contributed by atoms with van der Waals surface area (Å²) in [7, 11) is 1.57. The van der Waals surface area contributed by atoms with Crippen molar-refractivity contribution in [1.29, 1.82) is 0 Å². The van der Waals surface area contributed by atoms with E-state index in [-0.39, 0.29) is 11.9 Å². The number of hydrogen-bond acceptors (Lipinski definition) is 6. The summed E-state index contributed by atoms with van der Waals surface area (Å²) in [5, 5.41) is 11.8. The van der Waals surface area contributed by atoms with E-state index in [0.29, 0.717) is 23.0 Å². The number of benzene rings is 2. The van der Waals surface area contributed by atoms with Crippen molar-refractivity contribution < 1.29 is 9.53 Å². The summed E-state index contributed by atoms with van der Waals surface area (Å²) < 4.78 is 7.03. The minimum Gasteiger partial charge on any atom is -0.495 e. The van der Waals surface area contributed by atoms with Gasteiger partial charge in [0.15, 0.2) is 5.16 Å². The number of anilines is 2. The number of amides is 1. The first-order chi connectivity index (χ1) is 14.1. The minimum absolute atomic E-state index is 0.187. The van der Waals surface area contributed by atoms with Crippen molar-refractivity contribution in [3.63, 3.8) is 0 Å². The van der Waals surface area contributed by atoms with Gasteiger partial charge in [0, 0.05) is 5.75 Å². The predicted octanol–water partition coefficient (Wildman–Crippen LogP) is 3.79. The third kappa shape index (κ3) is 5.08. The van der Waals surface area contributed by atoms with Gasteiger partial charge in [0.1, 0.15) is 11.8 Å². The monoisotopic (exact) mass is 411 g/mol. The van der Waals surface area contributed by atoms with Crippen LogP contribution in [0.25, 0.3) is 0 Å². The molecule has 7 nitrogen and oxygen atoms in total. The van der Waals surface area contributed by atoms with Crippen LogP contribution >= 0.6 is 11.8 Å². The maximum atomic E-state index is 13.0. The number of aryl methyl sites for hydroxylation is 1. The van der Waals surface area contributed by atoms with Crippen molar-refractivity contribution in [1.82, 2.24) is 14.8 Å². The average molecular weight is 412 g/mol. The van der Waals surface area contributed by atoms with Gasteiger partial charge in [-0.1, -0.05) is 61.2 Å². The van der Waals surface area contributed by atoms with Gasteiger partial charge in [-0.05, 0) is 30.5 Å². The lowest BCUT2D eigenvalue weighted by molar-refractivity contribution is -0.119. The number of methoxy groups -OCH3 is 1. The number of thioether (sulfide) groups is 1. The zero-order chi connectivity index (χ0) is 20.6. The quantitative estimate of drug-likeness (QED) is 0.520. The highest BCUT2D eigenvalue weighted by Crippen LogP contribution is 2.29. The Balaban J connectivity index is 1.73. The van der Waals surface area contributed by atoms with Crippen LogP contribution in [0.1, 0.15) is 24.9 Å². The number of aromatic nitrogens is 3. The van der Waals surface area contributed by atoms with E-state index < -0.39 is 6.04 Å². The summed E-state index contributed by atoms with van der Waals surface area (Å²) in [4.78, 5) is 13.0. The number of nitrogens with zero attached hydrogens (tertiary/aromatic N) is 3. The zero-order valence-corrected chi connectivity index (χ0v) is 17.4. The summed E-state index contributed by atoms with van der Waals surface area (Å²) in [6.07, 6.45) is 1.44. The van der Waals surface area contributed by atoms with Gasteiger partial charge in [0.25, 0.3) is 0 Å². The normalized spacial score (nSPS) is 11.8. The number of carbonyl (C=O) groups excluding carboxylic acids is 1. The molecule has 152 valence electrons. The number of nitrogen functional groups attached to an aromatic ring is 1. The van der Waals surface area contributed by atoms with Gasteiger partial charge in [-0.25, -0.2) is 0 Å². The molecule has 0 saturated heterocycles. The Morgan fingerprint density at radius 3 is 2.62 bits per heavy atom. The molecule has 8 heteroatoms. The molecule has 3 rings (SSSR count). The second kappa shape index (κ2) is 9.97. The summed E-state index contributed by atoms with van der Waals surface area (Å²) in [6, 6.07) is 17.0. The second-order valence-corrected chi connectivity index (χ2v) is 7.47. The van der Waals surface area contributed by atoms with Gasteiger partial charge in [-0.2, -0.15) is 0 Å². The highest BCUT2D eigenvalue weighted by Gasteiger charge is 2.25. The molecule has 0 fully saturated rings. The molecule has 0 spiro atoms. The third-order valence-electron chi connectivity index (χ3n) is 4.52. The van der Waals surface area contributed by atoms with E-state index in [0.717, 1.165) is 12.2 Å². The van der Waals surface area contributed by atoms with Gasteiger partial charge < -0.3 is 15.8 Å². The standard InChI is InChI=1S/C21H25N5O2S/c1-3-17(19(27)23-16-11-7-8-12-18(16)28-2)26-20(22)24-25-21(26)29-14-13-15-9-5-4-6-10-15/h4-12,17H,3,13-14H2,1-2H3,(H2,22,24)(H,23,27). The Bertz CT molecular complexity index is 945. The van der Waals surface area contributed by atoms with Crippen molar-refractivity contribution in [2.45, 2.75) is 31.0 Å². The highest BCUT2D eigenvalue weighted by atomic mass is 32.2. The number of nitrogens with two attached hydrogens (primary N) is 1. The number of nitrogens with one attached hydrogen (secondary N) is 1. The van der Waals surface area contributed by atoms with E-state index in [9.17, 15) is 4.79 Å². The molecule has 0 saturated carbocycles. The molecule has 3 aromatic rings. The maximum absolute atomic E-state index is 13.0. The van der Waals surface area contributed by atoms with Gasteiger partial charge in [0.05, 0.1) is 12.8 Å². The van der Waals surface area contributed by atoms with Crippen LogP contribution in [-0.4, -0.2) is 33.5 Å². The summed E-state index contributed by atoms with van der Waals surface area (Å²) in [5.74, 6) is 1.46. The molecule has 1 aromatic heterocycles. The van der Waals surface area contributed by atoms with Crippen LogP contribution in [0, 0.1) is 0 Å². The molecular formula is C21H25N5O2S. The molecule has 0 bridgehead atoms. The van der Waals surface area contributed by atoms with E-state index in [1.165, 1.54) is 5.56 Å². The molecular weight excluding hydrogens is 386 g/mol. The van der Waals surface area contributed by atoms with Crippen LogP contribution in [0.3, 0.4) is 0 Å². The van der Waals surface area contributed by atoms with Crippen LogP contribution in [-0.2, 0) is 11.2 Å². The van der Waals surface area contributed by atoms with E-state index in [2.05, 4.69) is 27.6 Å². The molecule has 2 aromatic carbocycles. The Morgan fingerprint density at radius 1 is 1.17 bits per heavy atom. The Kier molecular flexibility index (Phi) is 7.13. The molecule has 0 aliphatic rings. The highest BCUT2D eigenvalue weighted by molar-refractivity contribution is 7.99. The van der Waals surface area contributed by atoms with Crippen molar-refractivity contribution in [3.05, 3.63) is 60.2 Å². The van der Waals surface area contributed by atoms with Crippen molar-refractivity contribution >= 4 is 29.3 Å². The van der Waals surface area contributed by atoms with E-state index in [1.54, 1.807) is 35.6 Å². The first kappa shape index (κ1) is 20.7. The van der Waals surface area contributed by atoms with E-state index in [4.69, 9.17) is 10.5 Å². The van der Waals surface area contributed by atoms with E-state index in [1.807, 2.05) is 37.3 Å². The molecule has 0 radical (unpaired) electrons. The minimum atomic E-state index is -0.519. The lowest BCUT2D eigenvalue weighted by Gasteiger charge is -2.19. The van der Waals surface area contributed by atoms with Gasteiger partial charge in [0.2, 0.25) is 11.9 Å². The Morgan fingerprint density at radius 2 is 1.90 bits per heavy atom. The summed E-state index contributed by atoms with van der Waals surface area (Å²) in [6.45, 7) is 1.93. The van der Waals surface area contributed by atoms with Crippen molar-refractivity contribution in [2.24, 2.45) is 0 Å². The van der Waals surface area contributed by atoms with Crippen LogP contribution in [0.4, 0.5) is 11.6 Å². The lowest BCUT2D eigenvalue weighted by Crippen LogP contribution is -2.27. The number of para-hydroxylation sites is 2. The predicted molar refractivity (Wildman–Crippen MR) is 116 cm³/mol. The van der Waals surface area contributed by atoms with Gasteiger partial charge in [-0.3, -0.25) is 9.36 Å². The smallest absolute Gasteiger partial charge is 0.247 e. The maximum Gasteiger partial charge on any atom is 0.247 e. The lowest BCUT2D eigenvalue weighted by atomic mass is 10.2. The SMILES string of the molecule is CCC(C(=O)Nc1ccccc1OC)n1c(N)nnc1SCCc1ccccc1. The molecule has 1 atom stereocenters. The number of hydrogen-bond donors (Lipinski definition) is 2. The first-order valence-electron chi connectivity index (χ1n) is 9.45. The molecule has 0 aliphatic heterocycles. The molecule has 1 amide bonds. The summed E-state index contributed by atoms with van der Waals surface area (Å²) in [5.41, 5.74) is 7.92. The average Bonchev–Trinajstić information content (AvgIpc) is 3.10. The number of ether oxygens (including phenoxy) is 1. The summed E-state index contributed by atoms with van der Waals surface area (Å²) >= 11 is 1.54. The third-order valence-corrected chi connectivity index (χ3v) is 5.47. The Labute approximate surface area is 174 Å². The second-order valence-electron chi connectivity index (χ2n) is 6.41. The van der Waals surface area contributed by atoms with Crippen LogP contribution in [0.15, 0.2) is 59.8 Å². The fourth-order valence-electron chi connectivity index (χ4n) is 3.03. The van der Waals surface area contributed by atoms with Crippen LogP contribution < -0.4 is 15.8 Å². The molecule has 1 heterocycles. The van der Waals surface area contributed by atoms with Crippen LogP contribution in [0.2, 0.25) is 0 Å². The molecule has 0 aliphatic carbocycles. The van der Waals surface area contributed by atoms with Gasteiger partial charge >= 0.3 is 0 Å². The molecule has 3 N–H and O–H groups in total. The fraction of sp³-hybridized carbons (Fsp3) is 0.286. The van der Waals surface area contributed by atoms with Crippen LogP contribution in [0.5, 0.6) is 5.75 Å². The first-order valence-corrected chi connectivity index (χ1v) is 10.4. The zero-order valence-electron chi connectivity index (χ0n) is 16.5. The molecule has 29 heavy (non-hydrogen) atoms. The topological polar surface area (TPSA) is 95.1 Å². The van der Waals surface area contributed by atoms with E-state index >= 15 is 0 Å². The van der Waals surface area contributed by atoms with Gasteiger partial charge in [-0.15, -0.1) is 10.2 Å². The number of carbonyl (C=O) groups is 1. The largest absolute Gasteiger partial charge is 0.495 e. The molecule has 1 unspecified atom stereocenters. The Hall–Kier alpha value is -3.00. The van der Waals surface area contributed by atoms with Crippen molar-refractivity contribution in [3.8, 4) is 5.75 Å². The fourth-order valence-corrected chi connectivity index (χ4v) is 4.01.